The van der Waals surface area contributed by atoms with Crippen LogP contribution in [-0.2, 0) is 4.79 Å². The number of halogens is 2. The van der Waals surface area contributed by atoms with E-state index in [1.54, 1.807) is 25.1 Å². The number of rotatable bonds is 5. The van der Waals surface area contributed by atoms with E-state index in [9.17, 15) is 13.6 Å². The Balaban J connectivity index is 1.54. The average Bonchev–Trinajstić information content (AvgIpc) is 3.03. The Morgan fingerprint density at radius 1 is 1.12 bits per heavy atom. The van der Waals surface area contributed by atoms with E-state index in [0.717, 1.165) is 12.1 Å². The molecular weight excluding hydrogens is 318 g/mol. The van der Waals surface area contributed by atoms with Crippen LogP contribution in [0, 0.1) is 11.6 Å². The Morgan fingerprint density at radius 2 is 1.92 bits per heavy atom. The highest BCUT2D eigenvalue weighted by Crippen LogP contribution is 2.34. The standard InChI is InChI=1S/C17H16F2N2O3/c1-10(11-2-4-13(18)14(19)6-11)20-8-17(22)21-12-3-5-15-16(7-12)24-9-23-15/h2-7,10,20H,8-9H2,1H3,(H,21,22)/t10-/m1/s1. The summed E-state index contributed by atoms with van der Waals surface area (Å²) in [5.41, 5.74) is 1.15. The predicted molar refractivity (Wildman–Crippen MR) is 84.0 cm³/mol. The van der Waals surface area contributed by atoms with Crippen molar-refractivity contribution in [3.63, 3.8) is 0 Å². The monoisotopic (exact) mass is 334 g/mol. The number of hydrogen-bond donors (Lipinski definition) is 2. The summed E-state index contributed by atoms with van der Waals surface area (Å²) in [4.78, 5) is 12.0. The van der Waals surface area contributed by atoms with Gasteiger partial charge in [0.1, 0.15) is 0 Å². The minimum atomic E-state index is -0.911. The van der Waals surface area contributed by atoms with Crippen LogP contribution in [0.1, 0.15) is 18.5 Å². The minimum absolute atomic E-state index is 0.0224. The smallest absolute Gasteiger partial charge is 0.238 e. The first-order valence-electron chi connectivity index (χ1n) is 7.41. The van der Waals surface area contributed by atoms with Crippen molar-refractivity contribution in [1.29, 1.82) is 0 Å². The average molecular weight is 334 g/mol. The molecule has 2 aromatic carbocycles. The van der Waals surface area contributed by atoms with E-state index in [1.807, 2.05) is 0 Å². The third-order valence-corrected chi connectivity index (χ3v) is 3.67. The molecule has 2 aromatic rings. The van der Waals surface area contributed by atoms with Crippen LogP contribution in [0.2, 0.25) is 0 Å². The van der Waals surface area contributed by atoms with Gasteiger partial charge in [-0.15, -0.1) is 0 Å². The van der Waals surface area contributed by atoms with E-state index >= 15 is 0 Å². The summed E-state index contributed by atoms with van der Waals surface area (Å²) in [5.74, 6) is -0.852. The molecule has 5 nitrogen and oxygen atoms in total. The maximum Gasteiger partial charge on any atom is 0.238 e. The van der Waals surface area contributed by atoms with Crippen molar-refractivity contribution in [1.82, 2.24) is 5.32 Å². The zero-order chi connectivity index (χ0) is 17.1. The largest absolute Gasteiger partial charge is 0.454 e. The number of amides is 1. The van der Waals surface area contributed by atoms with Gasteiger partial charge in [-0.05, 0) is 36.8 Å². The second-order valence-corrected chi connectivity index (χ2v) is 5.39. The van der Waals surface area contributed by atoms with E-state index in [2.05, 4.69) is 10.6 Å². The van der Waals surface area contributed by atoms with E-state index < -0.39 is 11.6 Å². The van der Waals surface area contributed by atoms with Gasteiger partial charge in [-0.2, -0.15) is 0 Å². The zero-order valence-electron chi connectivity index (χ0n) is 12.9. The fourth-order valence-corrected chi connectivity index (χ4v) is 2.32. The van der Waals surface area contributed by atoms with Crippen LogP contribution in [0.5, 0.6) is 11.5 Å². The second-order valence-electron chi connectivity index (χ2n) is 5.39. The molecule has 0 spiro atoms. The fraction of sp³-hybridized carbons (Fsp3) is 0.235. The van der Waals surface area contributed by atoms with Gasteiger partial charge >= 0.3 is 0 Å². The van der Waals surface area contributed by atoms with Crippen LogP contribution in [0.15, 0.2) is 36.4 Å². The summed E-state index contributed by atoms with van der Waals surface area (Å²) in [5, 5.41) is 5.69. The molecule has 0 bridgehead atoms. The number of carbonyl (C=O) groups is 1. The van der Waals surface area contributed by atoms with Gasteiger partial charge in [-0.3, -0.25) is 4.79 Å². The van der Waals surface area contributed by atoms with Crippen LogP contribution in [-0.4, -0.2) is 19.2 Å². The number of benzene rings is 2. The van der Waals surface area contributed by atoms with Crippen LogP contribution in [0.25, 0.3) is 0 Å². The molecule has 1 aliphatic heterocycles. The van der Waals surface area contributed by atoms with Crippen molar-refractivity contribution in [2.24, 2.45) is 0 Å². The summed E-state index contributed by atoms with van der Waals surface area (Å²) >= 11 is 0. The third kappa shape index (κ3) is 3.62. The molecule has 1 amide bonds. The zero-order valence-corrected chi connectivity index (χ0v) is 12.9. The van der Waals surface area contributed by atoms with Gasteiger partial charge in [0.15, 0.2) is 23.1 Å². The Kier molecular flexibility index (Phi) is 4.61. The van der Waals surface area contributed by atoms with Gasteiger partial charge in [0.05, 0.1) is 6.54 Å². The maximum atomic E-state index is 13.2. The van der Waals surface area contributed by atoms with Gasteiger partial charge in [0.2, 0.25) is 12.7 Å². The van der Waals surface area contributed by atoms with E-state index in [4.69, 9.17) is 9.47 Å². The maximum absolute atomic E-state index is 13.2. The highest BCUT2D eigenvalue weighted by molar-refractivity contribution is 5.92. The minimum Gasteiger partial charge on any atom is -0.454 e. The topological polar surface area (TPSA) is 59.6 Å². The Labute approximate surface area is 137 Å². The number of hydrogen-bond acceptors (Lipinski definition) is 4. The van der Waals surface area contributed by atoms with Crippen LogP contribution in [0.3, 0.4) is 0 Å². The molecular formula is C17H16F2N2O3. The van der Waals surface area contributed by atoms with Gasteiger partial charge in [-0.1, -0.05) is 6.07 Å². The van der Waals surface area contributed by atoms with Crippen LogP contribution >= 0.6 is 0 Å². The predicted octanol–water partition coefficient (Wildman–Crippen LogP) is 2.98. The van der Waals surface area contributed by atoms with Gasteiger partial charge < -0.3 is 20.1 Å². The van der Waals surface area contributed by atoms with Crippen molar-refractivity contribution < 1.29 is 23.0 Å². The van der Waals surface area contributed by atoms with Crippen LogP contribution < -0.4 is 20.1 Å². The van der Waals surface area contributed by atoms with E-state index in [0.29, 0.717) is 22.7 Å². The quantitative estimate of drug-likeness (QED) is 0.883. The highest BCUT2D eigenvalue weighted by atomic mass is 19.2. The normalized spacial score (nSPS) is 13.6. The van der Waals surface area contributed by atoms with Crippen LogP contribution in [0.4, 0.5) is 14.5 Å². The molecule has 24 heavy (non-hydrogen) atoms. The molecule has 0 aliphatic carbocycles. The lowest BCUT2D eigenvalue weighted by atomic mass is 10.1. The summed E-state index contributed by atoms with van der Waals surface area (Å²) in [6.07, 6.45) is 0. The van der Waals surface area contributed by atoms with Crippen molar-refractivity contribution in [3.05, 3.63) is 53.6 Å². The molecule has 0 saturated heterocycles. The third-order valence-electron chi connectivity index (χ3n) is 3.67. The molecule has 1 heterocycles. The molecule has 0 unspecified atom stereocenters. The Hall–Kier alpha value is -2.67. The molecule has 126 valence electrons. The highest BCUT2D eigenvalue weighted by Gasteiger charge is 2.15. The van der Waals surface area contributed by atoms with Gasteiger partial charge in [0, 0.05) is 17.8 Å². The first-order chi connectivity index (χ1) is 11.5. The second kappa shape index (κ2) is 6.84. The Morgan fingerprint density at radius 3 is 2.71 bits per heavy atom. The lowest BCUT2D eigenvalue weighted by Gasteiger charge is -2.14. The van der Waals surface area contributed by atoms with Crippen molar-refractivity contribution in [3.8, 4) is 11.5 Å². The number of nitrogens with one attached hydrogen (secondary N) is 2. The van der Waals surface area contributed by atoms with Crippen molar-refractivity contribution >= 4 is 11.6 Å². The van der Waals surface area contributed by atoms with E-state index in [1.165, 1.54) is 6.07 Å². The summed E-state index contributed by atoms with van der Waals surface area (Å²) in [7, 11) is 0. The van der Waals surface area contributed by atoms with Gasteiger partial charge in [-0.25, -0.2) is 8.78 Å². The first-order valence-corrected chi connectivity index (χ1v) is 7.41. The SMILES string of the molecule is C[C@@H](NCC(=O)Nc1ccc2c(c1)OCO2)c1ccc(F)c(F)c1. The molecule has 0 aromatic heterocycles. The number of carbonyl (C=O) groups excluding carboxylic acids is 1. The molecule has 0 saturated carbocycles. The fourth-order valence-electron chi connectivity index (χ4n) is 2.32. The molecule has 3 rings (SSSR count). The molecule has 2 N–H and O–H groups in total. The summed E-state index contributed by atoms with van der Waals surface area (Å²) in [6.45, 7) is 1.95. The lowest BCUT2D eigenvalue weighted by Crippen LogP contribution is -2.30. The van der Waals surface area contributed by atoms with Crippen molar-refractivity contribution in [2.75, 3.05) is 18.7 Å². The number of ether oxygens (including phenoxy) is 2. The van der Waals surface area contributed by atoms with Gasteiger partial charge in [0.25, 0.3) is 0 Å². The van der Waals surface area contributed by atoms with E-state index in [-0.39, 0.29) is 25.3 Å². The number of fused-ring (bicyclic) bond motifs is 1. The molecule has 0 radical (unpaired) electrons. The number of anilines is 1. The molecule has 0 fully saturated rings. The summed E-state index contributed by atoms with van der Waals surface area (Å²) in [6, 6.07) is 8.46. The lowest BCUT2D eigenvalue weighted by molar-refractivity contribution is -0.115. The molecule has 1 atom stereocenters. The van der Waals surface area contributed by atoms with Crippen molar-refractivity contribution in [2.45, 2.75) is 13.0 Å². The Bertz CT molecular complexity index is 767. The molecule has 1 aliphatic rings. The first kappa shape index (κ1) is 16.2. The molecule has 7 heteroatoms. The summed E-state index contributed by atoms with van der Waals surface area (Å²) < 4.78 is 36.6.